The zero-order chi connectivity index (χ0) is 17.1. The Labute approximate surface area is 140 Å². The minimum atomic E-state index is -0.223. The van der Waals surface area contributed by atoms with Crippen LogP contribution in [0.3, 0.4) is 0 Å². The van der Waals surface area contributed by atoms with E-state index in [1.807, 2.05) is 44.2 Å². The molecule has 0 N–H and O–H groups in total. The van der Waals surface area contributed by atoms with Gasteiger partial charge in [0.15, 0.2) is 0 Å². The quantitative estimate of drug-likeness (QED) is 0.858. The summed E-state index contributed by atoms with van der Waals surface area (Å²) in [7, 11) is 0. The highest BCUT2D eigenvalue weighted by Gasteiger charge is 2.27. The Hall–Kier alpha value is -2.47. The largest absolute Gasteiger partial charge is 0.372 e. The number of amides is 1. The lowest BCUT2D eigenvalue weighted by molar-refractivity contribution is -0.0587. The summed E-state index contributed by atoms with van der Waals surface area (Å²) in [6.07, 6.45) is -0.0131. The van der Waals surface area contributed by atoms with Crippen LogP contribution in [0.5, 0.6) is 0 Å². The predicted octanol–water partition coefficient (Wildman–Crippen LogP) is 1.54. The smallest absolute Gasteiger partial charge is 0.274 e. The van der Waals surface area contributed by atoms with Crippen LogP contribution in [-0.2, 0) is 11.3 Å². The third-order valence-electron chi connectivity index (χ3n) is 3.97. The molecule has 0 unspecified atom stereocenters. The fourth-order valence-electron chi connectivity index (χ4n) is 2.94. The molecule has 2 aromatic rings. The zero-order valence-electron chi connectivity index (χ0n) is 13.9. The van der Waals surface area contributed by atoms with Gasteiger partial charge in [0.2, 0.25) is 0 Å². The Morgan fingerprint density at radius 3 is 2.46 bits per heavy atom. The average Bonchev–Trinajstić information content (AvgIpc) is 2.56. The fraction of sp³-hybridized carbons (Fsp3) is 0.389. The van der Waals surface area contributed by atoms with Crippen molar-refractivity contribution in [3.05, 3.63) is 64.1 Å². The number of morpholine rings is 1. The molecule has 1 aliphatic rings. The molecule has 0 radical (unpaired) electrons. The summed E-state index contributed by atoms with van der Waals surface area (Å²) in [5, 5.41) is 4.26. The summed E-state index contributed by atoms with van der Waals surface area (Å²) in [4.78, 5) is 26.5. The van der Waals surface area contributed by atoms with Crippen molar-refractivity contribution in [2.24, 2.45) is 0 Å². The fourth-order valence-corrected chi connectivity index (χ4v) is 2.94. The molecule has 3 rings (SSSR count). The molecule has 0 bridgehead atoms. The highest BCUT2D eigenvalue weighted by atomic mass is 16.5. The van der Waals surface area contributed by atoms with Crippen LogP contribution >= 0.6 is 0 Å². The van der Waals surface area contributed by atoms with Crippen molar-refractivity contribution in [1.29, 1.82) is 0 Å². The molecule has 2 heterocycles. The van der Waals surface area contributed by atoms with E-state index in [1.54, 1.807) is 4.90 Å². The topological polar surface area (TPSA) is 64.4 Å². The van der Waals surface area contributed by atoms with Crippen LogP contribution in [0.1, 0.15) is 29.9 Å². The Balaban J connectivity index is 1.82. The molecule has 2 atom stereocenters. The maximum Gasteiger partial charge on any atom is 0.274 e. The summed E-state index contributed by atoms with van der Waals surface area (Å²) in [6.45, 7) is 5.29. The van der Waals surface area contributed by atoms with Gasteiger partial charge in [-0.3, -0.25) is 9.59 Å². The van der Waals surface area contributed by atoms with E-state index in [2.05, 4.69) is 5.10 Å². The standard InChI is InChI=1S/C18H21N3O3/c1-13-10-20(11-14(2)24-13)18(23)16-8-9-17(22)21(19-16)12-15-6-4-3-5-7-15/h3-9,13-14H,10-12H2,1-2H3/t13-,14-/m1/s1. The van der Waals surface area contributed by atoms with Gasteiger partial charge in [-0.25, -0.2) is 4.68 Å². The first-order chi connectivity index (χ1) is 11.5. The van der Waals surface area contributed by atoms with Crippen LogP contribution in [0.15, 0.2) is 47.3 Å². The number of hydrogen-bond acceptors (Lipinski definition) is 4. The predicted molar refractivity (Wildman–Crippen MR) is 90.0 cm³/mol. The van der Waals surface area contributed by atoms with E-state index < -0.39 is 0 Å². The molecular weight excluding hydrogens is 306 g/mol. The van der Waals surface area contributed by atoms with E-state index in [4.69, 9.17) is 4.74 Å². The Morgan fingerprint density at radius 1 is 1.12 bits per heavy atom. The van der Waals surface area contributed by atoms with Gasteiger partial charge in [-0.05, 0) is 25.5 Å². The molecule has 126 valence electrons. The van der Waals surface area contributed by atoms with Crippen LogP contribution in [0.25, 0.3) is 0 Å². The molecule has 0 aliphatic carbocycles. The number of carbonyl (C=O) groups excluding carboxylic acids is 1. The minimum Gasteiger partial charge on any atom is -0.372 e. The lowest BCUT2D eigenvalue weighted by Crippen LogP contribution is -2.48. The molecule has 1 saturated heterocycles. The number of rotatable bonds is 3. The van der Waals surface area contributed by atoms with Crippen LogP contribution in [0.4, 0.5) is 0 Å². The first-order valence-electron chi connectivity index (χ1n) is 8.10. The van der Waals surface area contributed by atoms with Gasteiger partial charge in [-0.1, -0.05) is 30.3 Å². The van der Waals surface area contributed by atoms with Gasteiger partial charge in [-0.15, -0.1) is 0 Å². The highest BCUT2D eigenvalue weighted by molar-refractivity contribution is 5.92. The van der Waals surface area contributed by atoms with E-state index in [0.717, 1.165) is 5.56 Å². The Bertz CT molecular complexity index is 763. The summed E-state index contributed by atoms with van der Waals surface area (Å²) < 4.78 is 6.98. The van der Waals surface area contributed by atoms with Gasteiger partial charge in [0.25, 0.3) is 11.5 Å². The Kier molecular flexibility index (Phi) is 4.76. The highest BCUT2D eigenvalue weighted by Crippen LogP contribution is 2.13. The number of ether oxygens (including phenoxy) is 1. The molecule has 24 heavy (non-hydrogen) atoms. The molecule has 6 heteroatoms. The van der Waals surface area contributed by atoms with Gasteiger partial charge >= 0.3 is 0 Å². The number of benzene rings is 1. The lowest BCUT2D eigenvalue weighted by Gasteiger charge is -2.35. The maximum atomic E-state index is 12.7. The molecular formula is C18H21N3O3. The average molecular weight is 327 g/mol. The summed E-state index contributed by atoms with van der Waals surface area (Å²) in [5.74, 6) is -0.168. The van der Waals surface area contributed by atoms with Gasteiger partial charge in [0.05, 0.1) is 18.8 Å². The first-order valence-corrected chi connectivity index (χ1v) is 8.10. The summed E-state index contributed by atoms with van der Waals surface area (Å²) in [5.41, 5.74) is 1.02. The molecule has 0 saturated carbocycles. The van der Waals surface area contributed by atoms with Crippen molar-refractivity contribution < 1.29 is 9.53 Å². The summed E-state index contributed by atoms with van der Waals surface area (Å²) in [6, 6.07) is 12.5. The second-order valence-electron chi connectivity index (χ2n) is 6.17. The second kappa shape index (κ2) is 6.97. The molecule has 1 aromatic heterocycles. The van der Waals surface area contributed by atoms with E-state index in [9.17, 15) is 9.59 Å². The number of aromatic nitrogens is 2. The lowest BCUT2D eigenvalue weighted by atomic mass is 10.2. The Morgan fingerprint density at radius 2 is 1.79 bits per heavy atom. The number of carbonyl (C=O) groups is 1. The maximum absolute atomic E-state index is 12.7. The van der Waals surface area contributed by atoms with Crippen molar-refractivity contribution in [1.82, 2.24) is 14.7 Å². The SMILES string of the molecule is C[C@@H]1CN(C(=O)c2ccc(=O)n(Cc3ccccc3)n2)C[C@@H](C)O1. The molecule has 1 aliphatic heterocycles. The van der Waals surface area contributed by atoms with Crippen LogP contribution in [-0.4, -0.2) is 45.9 Å². The zero-order valence-corrected chi connectivity index (χ0v) is 13.9. The van der Waals surface area contributed by atoms with Crippen molar-refractivity contribution in [3.8, 4) is 0 Å². The monoisotopic (exact) mass is 327 g/mol. The third-order valence-corrected chi connectivity index (χ3v) is 3.97. The number of nitrogens with zero attached hydrogens (tertiary/aromatic N) is 3. The van der Waals surface area contributed by atoms with Gasteiger partial charge in [-0.2, -0.15) is 5.10 Å². The van der Waals surface area contributed by atoms with E-state index >= 15 is 0 Å². The third kappa shape index (κ3) is 3.71. The van der Waals surface area contributed by atoms with Crippen LogP contribution in [0, 0.1) is 0 Å². The van der Waals surface area contributed by atoms with E-state index in [1.165, 1.54) is 16.8 Å². The van der Waals surface area contributed by atoms with Crippen molar-refractivity contribution in [2.45, 2.75) is 32.6 Å². The molecule has 1 amide bonds. The van der Waals surface area contributed by atoms with Gasteiger partial charge in [0.1, 0.15) is 5.69 Å². The van der Waals surface area contributed by atoms with Crippen LogP contribution in [0.2, 0.25) is 0 Å². The molecule has 0 spiro atoms. The van der Waals surface area contributed by atoms with Gasteiger partial charge in [0, 0.05) is 19.2 Å². The van der Waals surface area contributed by atoms with Crippen molar-refractivity contribution in [2.75, 3.05) is 13.1 Å². The second-order valence-corrected chi connectivity index (χ2v) is 6.17. The molecule has 1 fully saturated rings. The van der Waals surface area contributed by atoms with E-state index in [0.29, 0.717) is 19.6 Å². The van der Waals surface area contributed by atoms with Crippen molar-refractivity contribution in [3.63, 3.8) is 0 Å². The molecule has 1 aromatic carbocycles. The summed E-state index contributed by atoms with van der Waals surface area (Å²) >= 11 is 0. The van der Waals surface area contributed by atoms with Crippen LogP contribution < -0.4 is 5.56 Å². The normalized spacial score (nSPS) is 20.8. The minimum absolute atomic E-state index is 0.00655. The van der Waals surface area contributed by atoms with Gasteiger partial charge < -0.3 is 9.64 Å². The van der Waals surface area contributed by atoms with E-state index in [-0.39, 0.29) is 29.4 Å². The van der Waals surface area contributed by atoms with Crippen molar-refractivity contribution >= 4 is 5.91 Å². The number of hydrogen-bond donors (Lipinski definition) is 0. The molecule has 6 nitrogen and oxygen atoms in total. The first kappa shape index (κ1) is 16.4.